The van der Waals surface area contributed by atoms with Gasteiger partial charge in [0.2, 0.25) is 5.91 Å². The van der Waals surface area contributed by atoms with Crippen LogP contribution in [0.25, 0.3) is 0 Å². The number of aromatic carboxylic acids is 1. The first-order valence-electron chi connectivity index (χ1n) is 8.80. The summed E-state index contributed by atoms with van der Waals surface area (Å²) in [7, 11) is 0. The van der Waals surface area contributed by atoms with Crippen molar-refractivity contribution in [1.82, 2.24) is 0 Å². The van der Waals surface area contributed by atoms with Crippen LogP contribution in [0.15, 0.2) is 30.3 Å². The summed E-state index contributed by atoms with van der Waals surface area (Å²) in [6, 6.07) is 7.90. The molecule has 2 N–H and O–H groups in total. The van der Waals surface area contributed by atoms with E-state index in [0.29, 0.717) is 52.2 Å². The van der Waals surface area contributed by atoms with Crippen LogP contribution in [0.4, 0.5) is 5.69 Å². The highest BCUT2D eigenvalue weighted by atomic mass is 35.5. The van der Waals surface area contributed by atoms with Gasteiger partial charge in [-0.3, -0.25) is 4.79 Å². The third kappa shape index (κ3) is 3.21. The van der Waals surface area contributed by atoms with E-state index in [-0.39, 0.29) is 17.6 Å². The molecule has 0 bridgehead atoms. The number of carboxylic acids is 1. The van der Waals surface area contributed by atoms with Crippen molar-refractivity contribution in [2.75, 3.05) is 5.32 Å². The number of halogens is 3. The van der Waals surface area contributed by atoms with Crippen LogP contribution < -0.4 is 10.1 Å². The number of carboxylic acid groups (broad SMARTS) is 1. The first-order chi connectivity index (χ1) is 13.3. The monoisotopic (exact) mass is 439 g/mol. The molecule has 1 heterocycles. The van der Waals surface area contributed by atoms with Crippen LogP contribution in [0.2, 0.25) is 15.1 Å². The summed E-state index contributed by atoms with van der Waals surface area (Å²) in [5.74, 6) is -0.717. The maximum absolute atomic E-state index is 12.7. The summed E-state index contributed by atoms with van der Waals surface area (Å²) in [5.41, 5.74) is 0.873. The molecule has 1 aliphatic heterocycles. The van der Waals surface area contributed by atoms with E-state index in [1.165, 1.54) is 6.07 Å². The highest BCUT2D eigenvalue weighted by Gasteiger charge is 2.49. The molecule has 1 spiro atoms. The normalized spacial score (nSPS) is 23.4. The summed E-state index contributed by atoms with van der Waals surface area (Å²) in [6.07, 6.45) is 2.16. The first-order valence-corrected chi connectivity index (χ1v) is 9.94. The molecule has 0 radical (unpaired) electrons. The molecular formula is C20H16Cl3NO4. The summed E-state index contributed by atoms with van der Waals surface area (Å²) in [5, 5.41) is 13.3. The molecule has 0 aromatic heterocycles. The van der Waals surface area contributed by atoms with Gasteiger partial charge in [0.05, 0.1) is 27.1 Å². The van der Waals surface area contributed by atoms with Gasteiger partial charge in [0.25, 0.3) is 0 Å². The van der Waals surface area contributed by atoms with Crippen molar-refractivity contribution in [3.8, 4) is 5.75 Å². The number of nitrogens with one attached hydrogen (secondary N) is 1. The van der Waals surface area contributed by atoms with Gasteiger partial charge in [-0.2, -0.15) is 0 Å². The molecule has 1 saturated carbocycles. The van der Waals surface area contributed by atoms with Crippen LogP contribution in [-0.2, 0) is 10.2 Å². The van der Waals surface area contributed by atoms with E-state index in [0.717, 1.165) is 5.56 Å². The summed E-state index contributed by atoms with van der Waals surface area (Å²) in [4.78, 5) is 24.1. The topological polar surface area (TPSA) is 75.6 Å². The van der Waals surface area contributed by atoms with Crippen molar-refractivity contribution in [2.24, 2.45) is 0 Å². The minimum absolute atomic E-state index is 0.0916. The predicted octanol–water partition coefficient (Wildman–Crippen LogP) is 5.56. The quantitative estimate of drug-likeness (QED) is 0.655. The van der Waals surface area contributed by atoms with Crippen molar-refractivity contribution < 1.29 is 19.4 Å². The lowest BCUT2D eigenvalue weighted by Crippen LogP contribution is -2.41. The Labute approximate surface area is 176 Å². The van der Waals surface area contributed by atoms with E-state index >= 15 is 0 Å². The standard InChI is InChI=1S/C20H16Cl3NO4/c21-11-8-14(22)17(15(23)9-11)28-12-3-5-20(6-4-12)13-7-10(18(25)26)1-2-16(13)24-19(20)27/h1-2,7-9,12H,3-6H2,(H,24,27)(H,25,26). The average Bonchev–Trinajstić information content (AvgIpc) is 2.91. The minimum Gasteiger partial charge on any atom is -0.487 e. The molecule has 1 aliphatic carbocycles. The van der Waals surface area contributed by atoms with Gasteiger partial charge in [0.15, 0.2) is 5.75 Å². The fraction of sp³-hybridized carbons (Fsp3) is 0.300. The number of ether oxygens (including phenoxy) is 1. The number of hydrogen-bond acceptors (Lipinski definition) is 3. The van der Waals surface area contributed by atoms with E-state index in [1.807, 2.05) is 0 Å². The highest BCUT2D eigenvalue weighted by molar-refractivity contribution is 6.40. The Morgan fingerprint density at radius 1 is 1.11 bits per heavy atom. The van der Waals surface area contributed by atoms with E-state index in [1.54, 1.807) is 24.3 Å². The van der Waals surface area contributed by atoms with Crippen LogP contribution >= 0.6 is 34.8 Å². The minimum atomic E-state index is -1.01. The van der Waals surface area contributed by atoms with Crippen LogP contribution in [0.3, 0.4) is 0 Å². The van der Waals surface area contributed by atoms with Crippen LogP contribution in [0, 0.1) is 0 Å². The molecule has 0 atom stereocenters. The molecule has 1 fully saturated rings. The third-order valence-electron chi connectivity index (χ3n) is 5.50. The molecule has 2 aliphatic rings. The second kappa shape index (κ2) is 7.14. The number of benzene rings is 2. The molecule has 0 saturated heterocycles. The van der Waals surface area contributed by atoms with Gasteiger partial charge < -0.3 is 15.2 Å². The zero-order valence-corrected chi connectivity index (χ0v) is 16.9. The number of fused-ring (bicyclic) bond motifs is 2. The molecule has 4 rings (SSSR count). The van der Waals surface area contributed by atoms with E-state index in [4.69, 9.17) is 39.5 Å². The van der Waals surface area contributed by atoms with Crippen molar-refractivity contribution in [2.45, 2.75) is 37.2 Å². The zero-order chi connectivity index (χ0) is 20.1. The number of rotatable bonds is 3. The maximum Gasteiger partial charge on any atom is 0.335 e. The van der Waals surface area contributed by atoms with Gasteiger partial charge in [0.1, 0.15) is 0 Å². The molecule has 0 unspecified atom stereocenters. The predicted molar refractivity (Wildman–Crippen MR) is 108 cm³/mol. The van der Waals surface area contributed by atoms with Gasteiger partial charge >= 0.3 is 5.97 Å². The second-order valence-corrected chi connectivity index (χ2v) is 8.37. The maximum atomic E-state index is 12.7. The number of anilines is 1. The van der Waals surface area contributed by atoms with Gasteiger partial charge in [-0.1, -0.05) is 34.8 Å². The smallest absolute Gasteiger partial charge is 0.335 e. The lowest BCUT2D eigenvalue weighted by molar-refractivity contribution is -0.122. The molecule has 146 valence electrons. The largest absolute Gasteiger partial charge is 0.487 e. The summed E-state index contributed by atoms with van der Waals surface area (Å²) >= 11 is 18.3. The second-order valence-electron chi connectivity index (χ2n) is 7.12. The third-order valence-corrected chi connectivity index (χ3v) is 6.28. The number of carbonyl (C=O) groups is 2. The van der Waals surface area contributed by atoms with E-state index in [9.17, 15) is 14.7 Å². The molecule has 5 nitrogen and oxygen atoms in total. The molecule has 1 amide bonds. The molecule has 2 aromatic carbocycles. The SMILES string of the molecule is O=C(O)c1ccc2c(c1)C1(CCC(Oc3c(Cl)cc(Cl)cc3Cl)CC1)C(=O)N2. The fourth-order valence-corrected chi connectivity index (χ4v) is 4.96. The molecule has 2 aromatic rings. The van der Waals surface area contributed by atoms with Gasteiger partial charge in [-0.15, -0.1) is 0 Å². The Bertz CT molecular complexity index is 960. The number of amides is 1. The van der Waals surface area contributed by atoms with Gasteiger partial charge in [-0.25, -0.2) is 4.79 Å². The van der Waals surface area contributed by atoms with Crippen molar-refractivity contribution in [3.63, 3.8) is 0 Å². The van der Waals surface area contributed by atoms with Crippen molar-refractivity contribution in [3.05, 3.63) is 56.5 Å². The molecule has 28 heavy (non-hydrogen) atoms. The van der Waals surface area contributed by atoms with E-state index in [2.05, 4.69) is 5.32 Å². The molecule has 8 heteroatoms. The summed E-state index contributed by atoms with van der Waals surface area (Å²) < 4.78 is 6.01. The number of hydrogen-bond donors (Lipinski definition) is 2. The first kappa shape index (κ1) is 19.4. The van der Waals surface area contributed by atoms with Crippen molar-refractivity contribution >= 4 is 52.4 Å². The highest BCUT2D eigenvalue weighted by Crippen LogP contribution is 2.49. The average molecular weight is 441 g/mol. The fourth-order valence-electron chi connectivity index (χ4n) is 4.05. The lowest BCUT2D eigenvalue weighted by Gasteiger charge is -2.36. The Morgan fingerprint density at radius 3 is 2.36 bits per heavy atom. The van der Waals surface area contributed by atoms with E-state index < -0.39 is 11.4 Å². The van der Waals surface area contributed by atoms with Crippen molar-refractivity contribution in [1.29, 1.82) is 0 Å². The lowest BCUT2D eigenvalue weighted by atomic mass is 9.69. The van der Waals surface area contributed by atoms with Gasteiger partial charge in [-0.05, 0) is 61.6 Å². The van der Waals surface area contributed by atoms with Crippen LogP contribution in [-0.4, -0.2) is 23.1 Å². The van der Waals surface area contributed by atoms with Crippen LogP contribution in [0.5, 0.6) is 5.75 Å². The Kier molecular flexibility index (Phi) is 4.94. The molecular weight excluding hydrogens is 425 g/mol. The summed E-state index contributed by atoms with van der Waals surface area (Å²) in [6.45, 7) is 0. The zero-order valence-electron chi connectivity index (χ0n) is 14.6. The van der Waals surface area contributed by atoms with Crippen LogP contribution in [0.1, 0.15) is 41.6 Å². The Morgan fingerprint density at radius 2 is 1.75 bits per heavy atom. The van der Waals surface area contributed by atoms with Gasteiger partial charge in [0, 0.05) is 10.7 Å². The Balaban J connectivity index is 1.56. The Hall–Kier alpha value is -1.95. The number of carbonyl (C=O) groups excluding carboxylic acids is 1.